The molecule has 0 saturated heterocycles. The number of halogens is 3. The van der Waals surface area contributed by atoms with E-state index in [1.54, 1.807) is 12.1 Å². The van der Waals surface area contributed by atoms with E-state index in [2.05, 4.69) is 20.6 Å². The summed E-state index contributed by atoms with van der Waals surface area (Å²) in [7, 11) is 0. The fraction of sp³-hybridized carbons (Fsp3) is 0.304. The van der Waals surface area contributed by atoms with Crippen LogP contribution in [-0.2, 0) is 6.18 Å². The second-order valence-corrected chi connectivity index (χ2v) is 7.55. The molecule has 0 spiro atoms. The highest BCUT2D eigenvalue weighted by atomic mass is 19.4. The Morgan fingerprint density at radius 3 is 2.37 bits per heavy atom. The average Bonchev–Trinajstić information content (AvgIpc) is 3.22. The predicted molar refractivity (Wildman–Crippen MR) is 113 cm³/mol. The van der Waals surface area contributed by atoms with Crippen molar-refractivity contribution in [3.63, 3.8) is 0 Å². The van der Waals surface area contributed by atoms with Crippen LogP contribution in [-0.4, -0.2) is 16.0 Å². The third kappa shape index (κ3) is 4.56. The number of nitrogens with one attached hydrogen (secondary N) is 2. The zero-order valence-corrected chi connectivity index (χ0v) is 16.6. The van der Waals surface area contributed by atoms with Crippen LogP contribution in [0.5, 0.6) is 0 Å². The lowest BCUT2D eigenvalue weighted by Gasteiger charge is -2.17. The minimum Gasteiger partial charge on any atom is -0.351 e. The maximum atomic E-state index is 13.3. The van der Waals surface area contributed by atoms with Crippen molar-refractivity contribution in [3.05, 3.63) is 65.7 Å². The number of rotatable bonds is 5. The summed E-state index contributed by atoms with van der Waals surface area (Å²) in [6, 6.07) is 15.8. The molecule has 30 heavy (non-hydrogen) atoms. The van der Waals surface area contributed by atoms with Crippen molar-refractivity contribution in [1.29, 1.82) is 0 Å². The van der Waals surface area contributed by atoms with Gasteiger partial charge in [-0.25, -0.2) is 4.98 Å². The third-order valence-electron chi connectivity index (χ3n) is 5.39. The second-order valence-electron chi connectivity index (χ2n) is 7.55. The zero-order chi connectivity index (χ0) is 21.1. The Morgan fingerprint density at radius 1 is 0.933 bits per heavy atom. The normalized spacial score (nSPS) is 14.7. The fourth-order valence-electron chi connectivity index (χ4n) is 3.80. The van der Waals surface area contributed by atoms with Crippen LogP contribution < -0.4 is 10.6 Å². The van der Waals surface area contributed by atoms with Gasteiger partial charge in [-0.15, -0.1) is 0 Å². The molecule has 0 aliphatic heterocycles. The molecule has 7 heteroatoms. The molecule has 0 bridgehead atoms. The fourth-order valence-corrected chi connectivity index (χ4v) is 3.80. The van der Waals surface area contributed by atoms with Crippen LogP contribution in [0.15, 0.2) is 54.6 Å². The van der Waals surface area contributed by atoms with Crippen LogP contribution >= 0.6 is 0 Å². The summed E-state index contributed by atoms with van der Waals surface area (Å²) in [4.78, 5) is 9.18. The molecule has 3 aromatic rings. The van der Waals surface area contributed by atoms with Crippen molar-refractivity contribution in [2.45, 2.75) is 44.8 Å². The van der Waals surface area contributed by atoms with Crippen molar-refractivity contribution >= 4 is 17.5 Å². The Bertz CT molecular complexity index is 1010. The van der Waals surface area contributed by atoms with E-state index in [-0.39, 0.29) is 5.56 Å². The minimum absolute atomic E-state index is 0.134. The van der Waals surface area contributed by atoms with Gasteiger partial charge in [-0.2, -0.15) is 18.2 Å². The molecule has 0 radical (unpaired) electrons. The van der Waals surface area contributed by atoms with Gasteiger partial charge in [0.1, 0.15) is 5.82 Å². The van der Waals surface area contributed by atoms with E-state index in [1.807, 2.05) is 30.3 Å². The largest absolute Gasteiger partial charge is 0.416 e. The smallest absolute Gasteiger partial charge is 0.351 e. The first kappa shape index (κ1) is 20.2. The number of aromatic nitrogens is 2. The van der Waals surface area contributed by atoms with Crippen LogP contribution in [0.3, 0.4) is 0 Å². The number of alkyl halides is 3. The molecule has 1 aliphatic rings. The van der Waals surface area contributed by atoms with Crippen molar-refractivity contribution < 1.29 is 13.2 Å². The number of hydrogen-bond donors (Lipinski definition) is 2. The highest BCUT2D eigenvalue weighted by Gasteiger charge is 2.33. The van der Waals surface area contributed by atoms with Gasteiger partial charge in [0.25, 0.3) is 0 Å². The first-order valence-electron chi connectivity index (χ1n) is 10.0. The topological polar surface area (TPSA) is 49.8 Å². The van der Waals surface area contributed by atoms with E-state index >= 15 is 0 Å². The van der Waals surface area contributed by atoms with Gasteiger partial charge in [-0.1, -0.05) is 49.2 Å². The number of benzene rings is 2. The molecule has 2 N–H and O–H groups in total. The Hall–Kier alpha value is -3.09. The van der Waals surface area contributed by atoms with E-state index in [0.29, 0.717) is 29.2 Å². The van der Waals surface area contributed by atoms with Crippen molar-refractivity contribution in [3.8, 4) is 11.3 Å². The van der Waals surface area contributed by atoms with Gasteiger partial charge in [-0.05, 0) is 37.5 Å². The molecule has 0 amide bonds. The molecule has 2 aromatic carbocycles. The minimum atomic E-state index is -4.40. The van der Waals surface area contributed by atoms with Crippen molar-refractivity contribution in [2.75, 3.05) is 10.6 Å². The molecule has 0 unspecified atom stereocenters. The molecule has 0 atom stereocenters. The maximum absolute atomic E-state index is 13.3. The third-order valence-corrected chi connectivity index (χ3v) is 5.39. The quantitative estimate of drug-likeness (QED) is 0.498. The zero-order valence-electron chi connectivity index (χ0n) is 16.6. The lowest BCUT2D eigenvalue weighted by molar-refractivity contribution is -0.138. The lowest BCUT2D eigenvalue weighted by Crippen LogP contribution is -2.17. The molecule has 1 aliphatic carbocycles. The van der Waals surface area contributed by atoms with Gasteiger partial charge in [0.05, 0.1) is 11.3 Å². The van der Waals surface area contributed by atoms with E-state index in [9.17, 15) is 13.2 Å². The van der Waals surface area contributed by atoms with Gasteiger partial charge >= 0.3 is 6.18 Å². The van der Waals surface area contributed by atoms with Crippen LogP contribution in [0, 0.1) is 6.92 Å². The van der Waals surface area contributed by atoms with Gasteiger partial charge in [-0.3, -0.25) is 0 Å². The van der Waals surface area contributed by atoms with E-state index in [0.717, 1.165) is 24.5 Å². The molecule has 1 heterocycles. The van der Waals surface area contributed by atoms with Crippen molar-refractivity contribution in [2.24, 2.45) is 0 Å². The standard InChI is InChI=1S/C23H23F3N4/c1-15-18(23(24,25)26)12-7-13-19(15)28-21-14-20(16-8-3-2-4-9-16)29-22(30-21)27-17-10-5-6-11-17/h2-4,7-9,12-14,17H,5-6,10-11H2,1H3,(H2,27,28,29,30). The van der Waals surface area contributed by atoms with Crippen molar-refractivity contribution in [1.82, 2.24) is 9.97 Å². The summed E-state index contributed by atoms with van der Waals surface area (Å²) in [5, 5.41) is 6.45. The van der Waals surface area contributed by atoms with Crippen LogP contribution in [0.1, 0.15) is 36.8 Å². The predicted octanol–water partition coefficient (Wildman–Crippen LogP) is 6.57. The summed E-state index contributed by atoms with van der Waals surface area (Å²) in [5.74, 6) is 0.933. The first-order chi connectivity index (χ1) is 14.4. The summed E-state index contributed by atoms with van der Waals surface area (Å²) >= 11 is 0. The summed E-state index contributed by atoms with van der Waals surface area (Å²) in [6.07, 6.45) is 0.0653. The molecular weight excluding hydrogens is 389 g/mol. The van der Waals surface area contributed by atoms with E-state index < -0.39 is 11.7 Å². The Kier molecular flexibility index (Phi) is 5.61. The Labute approximate surface area is 173 Å². The van der Waals surface area contributed by atoms with Crippen LogP contribution in [0.4, 0.5) is 30.6 Å². The van der Waals surface area contributed by atoms with Gasteiger partial charge in [0, 0.05) is 23.4 Å². The average molecular weight is 412 g/mol. The number of anilines is 3. The molecule has 1 saturated carbocycles. The SMILES string of the molecule is Cc1c(Nc2cc(-c3ccccc3)nc(NC3CCCC3)n2)cccc1C(F)(F)F. The first-order valence-corrected chi connectivity index (χ1v) is 10.0. The lowest BCUT2D eigenvalue weighted by atomic mass is 10.1. The monoisotopic (exact) mass is 412 g/mol. The molecule has 4 nitrogen and oxygen atoms in total. The van der Waals surface area contributed by atoms with E-state index in [4.69, 9.17) is 0 Å². The van der Waals surface area contributed by atoms with Gasteiger partial charge in [0.15, 0.2) is 0 Å². The molecule has 4 rings (SSSR count). The Balaban J connectivity index is 1.70. The Morgan fingerprint density at radius 2 is 1.67 bits per heavy atom. The molecular formula is C23H23F3N4. The summed E-state index contributed by atoms with van der Waals surface area (Å²) < 4.78 is 39.8. The second kappa shape index (κ2) is 8.34. The maximum Gasteiger partial charge on any atom is 0.416 e. The summed E-state index contributed by atoms with van der Waals surface area (Å²) in [5.41, 5.74) is 1.47. The molecule has 156 valence electrons. The van der Waals surface area contributed by atoms with Gasteiger partial charge in [0.2, 0.25) is 5.95 Å². The summed E-state index contributed by atoms with van der Waals surface area (Å²) in [6.45, 7) is 1.46. The molecule has 1 aromatic heterocycles. The van der Waals surface area contributed by atoms with Crippen LogP contribution in [0.2, 0.25) is 0 Å². The highest BCUT2D eigenvalue weighted by molar-refractivity contribution is 5.69. The number of hydrogen-bond acceptors (Lipinski definition) is 4. The van der Waals surface area contributed by atoms with E-state index in [1.165, 1.54) is 25.8 Å². The highest BCUT2D eigenvalue weighted by Crippen LogP contribution is 2.35. The van der Waals surface area contributed by atoms with Gasteiger partial charge < -0.3 is 10.6 Å². The van der Waals surface area contributed by atoms with Crippen LogP contribution in [0.25, 0.3) is 11.3 Å². The molecule has 1 fully saturated rings. The number of nitrogens with zero attached hydrogens (tertiary/aromatic N) is 2.